The Kier molecular flexibility index (Phi) is 8.99. The van der Waals surface area contributed by atoms with E-state index in [2.05, 4.69) is 19.5 Å². The molecule has 1 saturated heterocycles. The van der Waals surface area contributed by atoms with Gasteiger partial charge < -0.3 is 5.11 Å². The van der Waals surface area contributed by atoms with Gasteiger partial charge in [-0.2, -0.15) is 26.3 Å². The second kappa shape index (κ2) is 11.4. The van der Waals surface area contributed by atoms with E-state index in [1.165, 1.54) is 25.7 Å². The van der Waals surface area contributed by atoms with Crippen LogP contribution in [0.2, 0.25) is 0 Å². The summed E-state index contributed by atoms with van der Waals surface area (Å²) in [7, 11) is 0. The number of phenolic OH excluding ortho intramolecular Hbond substituents is 2. The Labute approximate surface area is 223 Å². The molecule has 1 saturated carbocycles. The van der Waals surface area contributed by atoms with Crippen LogP contribution in [0.3, 0.4) is 0 Å². The predicted octanol–water partition coefficient (Wildman–Crippen LogP) is 4.67. The number of aromatic hydroxyl groups is 2. The van der Waals surface area contributed by atoms with Crippen molar-refractivity contribution in [1.82, 2.24) is 0 Å². The van der Waals surface area contributed by atoms with E-state index in [1.54, 1.807) is 12.1 Å². The van der Waals surface area contributed by atoms with E-state index in [4.69, 9.17) is 0 Å². The molecule has 1 aliphatic carbocycles. The van der Waals surface area contributed by atoms with Gasteiger partial charge >= 0.3 is 172 Å². The first kappa shape index (κ1) is 30.8. The average molecular weight is 609 g/mol. The molecule has 5 nitrogen and oxygen atoms in total. The van der Waals surface area contributed by atoms with E-state index < -0.39 is 24.1 Å². The minimum Gasteiger partial charge on any atom is -0.795 e. The Morgan fingerprint density at radius 3 is 1.33 bits per heavy atom. The summed E-state index contributed by atoms with van der Waals surface area (Å²) in [6.45, 7) is 0. The van der Waals surface area contributed by atoms with Crippen LogP contribution < -0.4 is 5.11 Å². The van der Waals surface area contributed by atoms with E-state index in [0.717, 1.165) is 11.1 Å². The van der Waals surface area contributed by atoms with Crippen molar-refractivity contribution in [2.45, 2.75) is 61.9 Å². The molecule has 2 aliphatic rings. The van der Waals surface area contributed by atoms with Crippen LogP contribution in [0.25, 0.3) is 0 Å². The number of hydrogen-bond donors (Lipinski definition) is 2. The standard InChI is InChI=1S/C20H22N2O2.C4F9O.Cr/c23-19-11-5-1-7-15(19)13-21-17-9-3-4-10-18(17)22-14-16-8-2-6-12-20(16)24;5-1(2(6,7)8,3(9,10)11)4(12,13)14;/h1-2,5-8,11-14,17-18,23-24H,3-4,9-10H2;;/q;-1;+2/t17-,18-;;/m1../s1. The smallest absolute Gasteiger partial charge is 0.436 e. The van der Waals surface area contributed by atoms with Gasteiger partial charge in [-0.15, -0.1) is 0 Å². The molecule has 2 fully saturated rings. The molecule has 1 heterocycles. The number of hydrogen-bond acceptors (Lipinski definition) is 3. The first-order valence-electron chi connectivity index (χ1n) is 11.4. The third-order valence-electron chi connectivity index (χ3n) is 6.12. The number of rotatable bonds is 3. The van der Waals surface area contributed by atoms with Crippen LogP contribution in [0.4, 0.5) is 39.5 Å². The summed E-state index contributed by atoms with van der Waals surface area (Å²) < 4.78 is 108. The van der Waals surface area contributed by atoms with E-state index in [1.807, 2.05) is 36.4 Å². The maximum Gasteiger partial charge on any atom is 0.436 e. The van der Waals surface area contributed by atoms with Gasteiger partial charge in [-0.3, -0.25) is 0 Å². The number of alkyl halides is 9. The molecule has 0 bridgehead atoms. The quantitative estimate of drug-likeness (QED) is 0.498. The molecular formula is C24H22CrF9N2O3+. The molecule has 0 amide bonds. The van der Waals surface area contributed by atoms with Crippen molar-refractivity contribution in [3.63, 3.8) is 0 Å². The summed E-state index contributed by atoms with van der Waals surface area (Å²) in [4.78, 5) is 0. The van der Waals surface area contributed by atoms with Crippen LogP contribution in [0.5, 0.6) is 11.5 Å². The second-order valence-corrected chi connectivity index (χ2v) is 10.3. The van der Waals surface area contributed by atoms with Crippen molar-refractivity contribution in [2.24, 2.45) is 0 Å². The number of benzene rings is 2. The molecule has 4 rings (SSSR count). The molecule has 2 atom stereocenters. The number of fused-ring (bicyclic) bond motifs is 1. The number of halogens is 9. The van der Waals surface area contributed by atoms with Crippen molar-refractivity contribution >= 4 is 12.4 Å². The Morgan fingerprint density at radius 2 is 1.05 bits per heavy atom. The van der Waals surface area contributed by atoms with Crippen LogP contribution in [0.15, 0.2) is 48.5 Å². The monoisotopic (exact) mass is 609 g/mol. The molecule has 15 heteroatoms. The van der Waals surface area contributed by atoms with Gasteiger partial charge in [-0.1, -0.05) is 0 Å². The maximum atomic E-state index is 12.0. The second-order valence-electron chi connectivity index (χ2n) is 8.77. The van der Waals surface area contributed by atoms with Crippen LogP contribution in [-0.4, -0.2) is 66.0 Å². The summed E-state index contributed by atoms with van der Waals surface area (Å²) in [6.07, 6.45) is -11.8. The van der Waals surface area contributed by atoms with Crippen molar-refractivity contribution in [2.75, 3.05) is 0 Å². The maximum absolute atomic E-state index is 12.0. The van der Waals surface area contributed by atoms with Crippen LogP contribution >= 0.6 is 0 Å². The average Bonchev–Trinajstić information content (AvgIpc) is 3.17. The molecule has 0 aromatic heterocycles. The molecule has 1 aliphatic heterocycles. The van der Waals surface area contributed by atoms with E-state index in [9.17, 15) is 54.8 Å². The van der Waals surface area contributed by atoms with E-state index >= 15 is 0 Å². The molecule has 2 aromatic rings. The topological polar surface area (TPSA) is 69.5 Å². The minimum atomic E-state index is -7.08. The normalized spacial score (nSPS) is 22.4. The molecule has 2 aromatic carbocycles. The zero-order valence-corrected chi connectivity index (χ0v) is 21.0. The van der Waals surface area contributed by atoms with Crippen molar-refractivity contribution < 1.29 is 77.6 Å². The molecule has 0 unspecified atom stereocenters. The first-order valence-corrected chi connectivity index (χ1v) is 12.5. The van der Waals surface area contributed by atoms with Crippen molar-refractivity contribution in [3.05, 3.63) is 59.7 Å². The fraction of sp³-hybridized carbons (Fsp3) is 0.417. The van der Waals surface area contributed by atoms with Gasteiger partial charge in [0.25, 0.3) is 0 Å². The fourth-order valence-corrected chi connectivity index (χ4v) is 6.10. The van der Waals surface area contributed by atoms with Gasteiger partial charge in [-0.05, 0) is 0 Å². The summed E-state index contributed by atoms with van der Waals surface area (Å²) in [5.41, 5.74) is -5.33. The molecule has 0 radical (unpaired) electrons. The Hall–Kier alpha value is -2.76. The minimum absolute atomic E-state index is 0.115. The number of phenols is 2. The zero-order valence-electron chi connectivity index (χ0n) is 19.8. The van der Waals surface area contributed by atoms with Crippen molar-refractivity contribution in [1.29, 1.82) is 0 Å². The summed E-state index contributed by atoms with van der Waals surface area (Å²) >= 11 is 0.115. The van der Waals surface area contributed by atoms with Crippen LogP contribution in [-0.2, 0) is 15.7 Å². The van der Waals surface area contributed by atoms with Gasteiger partial charge in [0.05, 0.1) is 0 Å². The van der Waals surface area contributed by atoms with Crippen LogP contribution in [0.1, 0.15) is 36.8 Å². The van der Waals surface area contributed by atoms with Gasteiger partial charge in [0.2, 0.25) is 6.11 Å². The van der Waals surface area contributed by atoms with E-state index in [-0.39, 0.29) is 15.7 Å². The Balaban J connectivity index is 0.000000258. The predicted molar refractivity (Wildman–Crippen MR) is 114 cm³/mol. The fourth-order valence-electron chi connectivity index (χ4n) is 4.11. The Morgan fingerprint density at radius 1 is 0.692 bits per heavy atom. The molecule has 2 N–H and O–H groups in total. The van der Waals surface area contributed by atoms with Gasteiger partial charge in [0.1, 0.15) is 0 Å². The number of nitrogens with zero attached hydrogens (tertiary/aromatic N) is 2. The SMILES string of the molecule is Oc1ccccc1C=[N+]1[Cr][N+](=Cc2ccccc2O)[C@@H]2CCCC[C@H]21.[O-]C(F)(F)C(F)(C(F)(F)F)C(F)(F)F. The van der Waals surface area contributed by atoms with E-state index in [0.29, 0.717) is 23.6 Å². The zero-order chi connectivity index (χ0) is 29.2. The summed E-state index contributed by atoms with van der Waals surface area (Å²) in [5, 5.41) is 29.5. The summed E-state index contributed by atoms with van der Waals surface area (Å²) in [6, 6.07) is 16.0. The molecular weight excluding hydrogens is 587 g/mol. The number of para-hydroxylation sites is 2. The first-order chi connectivity index (χ1) is 18.0. The third-order valence-corrected chi connectivity index (χ3v) is 7.89. The van der Waals surface area contributed by atoms with Gasteiger partial charge in [0.15, 0.2) is 0 Å². The van der Waals surface area contributed by atoms with Crippen LogP contribution in [0, 0.1) is 0 Å². The largest absolute Gasteiger partial charge is 0.795 e. The van der Waals surface area contributed by atoms with Gasteiger partial charge in [0, 0.05) is 0 Å². The molecule has 39 heavy (non-hydrogen) atoms. The van der Waals surface area contributed by atoms with Gasteiger partial charge in [-0.25, -0.2) is 13.2 Å². The van der Waals surface area contributed by atoms with Crippen molar-refractivity contribution in [3.8, 4) is 11.5 Å². The Bertz CT molecular complexity index is 1120. The molecule has 214 valence electrons. The molecule has 0 spiro atoms. The summed E-state index contributed by atoms with van der Waals surface area (Å²) in [5.74, 6) is 0.655. The third kappa shape index (κ3) is 6.53.